The molecule has 4 nitrogen and oxygen atoms in total. The van der Waals surface area contributed by atoms with Crippen molar-refractivity contribution >= 4 is 11.6 Å². The van der Waals surface area contributed by atoms with Crippen LogP contribution < -0.4 is 14.8 Å². The summed E-state index contributed by atoms with van der Waals surface area (Å²) >= 11 is 0. The summed E-state index contributed by atoms with van der Waals surface area (Å²) in [5, 5.41) is 2.85. The van der Waals surface area contributed by atoms with Crippen LogP contribution in [0.15, 0.2) is 78.9 Å². The molecule has 132 valence electrons. The predicted octanol–water partition coefficient (Wildman–Crippen LogP) is 4.77. The highest BCUT2D eigenvalue weighted by atomic mass is 16.5. The lowest BCUT2D eigenvalue weighted by Crippen LogP contribution is -2.15. The van der Waals surface area contributed by atoms with Gasteiger partial charge in [-0.2, -0.15) is 0 Å². The summed E-state index contributed by atoms with van der Waals surface area (Å²) < 4.78 is 11.1. The Hall–Kier alpha value is -3.27. The minimum atomic E-state index is -0.119. The highest BCUT2D eigenvalue weighted by Gasteiger charge is 2.09. The van der Waals surface area contributed by atoms with Gasteiger partial charge in [-0.25, -0.2) is 0 Å². The van der Waals surface area contributed by atoms with Gasteiger partial charge in [-0.3, -0.25) is 4.79 Å². The first-order valence-electron chi connectivity index (χ1n) is 8.48. The third-order valence-corrected chi connectivity index (χ3v) is 3.94. The molecule has 0 saturated carbocycles. The Bertz CT molecular complexity index is 862. The number of para-hydroxylation sites is 3. The summed E-state index contributed by atoms with van der Waals surface area (Å²) in [6, 6.07) is 25.2. The number of rotatable bonds is 7. The SMILES string of the molecule is COc1ccccc1NC(=O)CCOc1ccccc1-c1ccccc1. The molecule has 3 rings (SSSR count). The van der Waals surface area contributed by atoms with Gasteiger partial charge in [0.25, 0.3) is 0 Å². The molecule has 0 aliphatic heterocycles. The molecular formula is C22H21NO3. The van der Waals surface area contributed by atoms with Crippen LogP contribution in [0.1, 0.15) is 6.42 Å². The number of carbonyl (C=O) groups is 1. The molecule has 0 heterocycles. The van der Waals surface area contributed by atoms with Crippen molar-refractivity contribution in [1.82, 2.24) is 0 Å². The standard InChI is InChI=1S/C22H21NO3/c1-25-21-14-8-6-12-19(21)23-22(24)15-16-26-20-13-7-5-11-18(20)17-9-3-2-4-10-17/h2-14H,15-16H2,1H3,(H,23,24). The van der Waals surface area contributed by atoms with Crippen molar-refractivity contribution in [3.63, 3.8) is 0 Å². The molecule has 0 unspecified atom stereocenters. The van der Waals surface area contributed by atoms with Gasteiger partial charge in [-0.05, 0) is 23.8 Å². The fraction of sp³-hybridized carbons (Fsp3) is 0.136. The fourth-order valence-corrected chi connectivity index (χ4v) is 2.66. The van der Waals surface area contributed by atoms with Crippen molar-refractivity contribution in [3.8, 4) is 22.6 Å². The van der Waals surface area contributed by atoms with Crippen molar-refractivity contribution in [2.24, 2.45) is 0 Å². The van der Waals surface area contributed by atoms with E-state index in [1.165, 1.54) is 0 Å². The van der Waals surface area contributed by atoms with Gasteiger partial charge in [0.2, 0.25) is 5.91 Å². The summed E-state index contributed by atoms with van der Waals surface area (Å²) in [6.07, 6.45) is 0.251. The van der Waals surface area contributed by atoms with Gasteiger partial charge in [0.1, 0.15) is 11.5 Å². The van der Waals surface area contributed by atoms with Crippen molar-refractivity contribution < 1.29 is 14.3 Å². The Balaban J connectivity index is 1.59. The van der Waals surface area contributed by atoms with E-state index in [0.717, 1.165) is 16.9 Å². The zero-order chi connectivity index (χ0) is 18.2. The average Bonchev–Trinajstić information content (AvgIpc) is 2.69. The fourth-order valence-electron chi connectivity index (χ4n) is 2.66. The summed E-state index contributed by atoms with van der Waals surface area (Å²) in [4.78, 5) is 12.2. The molecule has 0 bridgehead atoms. The molecule has 0 aliphatic carbocycles. The third kappa shape index (κ3) is 4.42. The van der Waals surface area contributed by atoms with Crippen molar-refractivity contribution in [2.45, 2.75) is 6.42 Å². The number of hydrogen-bond acceptors (Lipinski definition) is 3. The highest BCUT2D eigenvalue weighted by Crippen LogP contribution is 2.29. The van der Waals surface area contributed by atoms with Gasteiger partial charge < -0.3 is 14.8 Å². The molecule has 1 amide bonds. The molecule has 3 aromatic carbocycles. The van der Waals surface area contributed by atoms with Crippen LogP contribution in [0.25, 0.3) is 11.1 Å². The minimum Gasteiger partial charge on any atom is -0.495 e. The molecule has 0 aliphatic rings. The third-order valence-electron chi connectivity index (χ3n) is 3.94. The summed E-state index contributed by atoms with van der Waals surface area (Å²) in [6.45, 7) is 0.296. The Morgan fingerprint density at radius 3 is 2.27 bits per heavy atom. The maximum Gasteiger partial charge on any atom is 0.227 e. The van der Waals surface area contributed by atoms with Crippen LogP contribution in [0, 0.1) is 0 Å². The van der Waals surface area contributed by atoms with Crippen LogP contribution in [0.3, 0.4) is 0 Å². The average molecular weight is 347 g/mol. The molecule has 4 heteroatoms. The first-order chi connectivity index (χ1) is 12.8. The van der Waals surface area contributed by atoms with Crippen LogP contribution in [0.5, 0.6) is 11.5 Å². The second kappa shape index (κ2) is 8.72. The van der Waals surface area contributed by atoms with Crippen molar-refractivity contribution in [3.05, 3.63) is 78.9 Å². The van der Waals surface area contributed by atoms with E-state index in [9.17, 15) is 4.79 Å². The van der Waals surface area contributed by atoms with E-state index in [0.29, 0.717) is 18.0 Å². The van der Waals surface area contributed by atoms with Gasteiger partial charge in [0.15, 0.2) is 0 Å². The maximum atomic E-state index is 12.2. The smallest absolute Gasteiger partial charge is 0.227 e. The normalized spacial score (nSPS) is 10.2. The molecule has 0 saturated heterocycles. The predicted molar refractivity (Wildman–Crippen MR) is 104 cm³/mol. The second-order valence-electron chi connectivity index (χ2n) is 5.71. The Morgan fingerprint density at radius 1 is 0.846 bits per heavy atom. The minimum absolute atomic E-state index is 0.119. The van der Waals surface area contributed by atoms with E-state index in [-0.39, 0.29) is 12.3 Å². The second-order valence-corrected chi connectivity index (χ2v) is 5.71. The van der Waals surface area contributed by atoms with Gasteiger partial charge in [-0.1, -0.05) is 60.7 Å². The number of hydrogen-bond donors (Lipinski definition) is 1. The van der Waals surface area contributed by atoms with Crippen LogP contribution in [0.4, 0.5) is 5.69 Å². The zero-order valence-electron chi connectivity index (χ0n) is 14.6. The number of nitrogens with one attached hydrogen (secondary N) is 1. The lowest BCUT2D eigenvalue weighted by Gasteiger charge is -2.12. The van der Waals surface area contributed by atoms with E-state index in [1.54, 1.807) is 7.11 Å². The summed E-state index contributed by atoms with van der Waals surface area (Å²) in [7, 11) is 1.58. The van der Waals surface area contributed by atoms with E-state index in [1.807, 2.05) is 78.9 Å². The number of anilines is 1. The van der Waals surface area contributed by atoms with Gasteiger partial charge in [0, 0.05) is 5.56 Å². The Labute approximate surface area is 153 Å². The van der Waals surface area contributed by atoms with E-state index in [4.69, 9.17) is 9.47 Å². The first-order valence-corrected chi connectivity index (χ1v) is 8.48. The van der Waals surface area contributed by atoms with E-state index in [2.05, 4.69) is 5.32 Å². The van der Waals surface area contributed by atoms with E-state index < -0.39 is 0 Å². The van der Waals surface area contributed by atoms with Crippen LogP contribution in [-0.4, -0.2) is 19.6 Å². The number of ether oxygens (including phenoxy) is 2. The van der Waals surface area contributed by atoms with Crippen LogP contribution in [0.2, 0.25) is 0 Å². The molecule has 3 aromatic rings. The van der Waals surface area contributed by atoms with Crippen LogP contribution in [-0.2, 0) is 4.79 Å². The summed E-state index contributed by atoms with van der Waals surface area (Å²) in [5.41, 5.74) is 2.75. The Morgan fingerprint density at radius 2 is 1.50 bits per heavy atom. The molecule has 0 fully saturated rings. The largest absolute Gasteiger partial charge is 0.495 e. The zero-order valence-corrected chi connectivity index (χ0v) is 14.6. The lowest BCUT2D eigenvalue weighted by molar-refractivity contribution is -0.116. The van der Waals surface area contributed by atoms with Crippen LogP contribution >= 0.6 is 0 Å². The first kappa shape index (κ1) is 17.5. The molecule has 0 atom stereocenters. The molecular weight excluding hydrogens is 326 g/mol. The number of methoxy groups -OCH3 is 1. The summed E-state index contributed by atoms with van der Waals surface area (Å²) in [5.74, 6) is 1.28. The van der Waals surface area contributed by atoms with Crippen molar-refractivity contribution in [1.29, 1.82) is 0 Å². The van der Waals surface area contributed by atoms with Gasteiger partial charge in [-0.15, -0.1) is 0 Å². The highest BCUT2D eigenvalue weighted by molar-refractivity contribution is 5.92. The van der Waals surface area contributed by atoms with Gasteiger partial charge >= 0.3 is 0 Å². The molecule has 26 heavy (non-hydrogen) atoms. The van der Waals surface area contributed by atoms with E-state index >= 15 is 0 Å². The molecule has 0 radical (unpaired) electrons. The monoisotopic (exact) mass is 347 g/mol. The maximum absolute atomic E-state index is 12.2. The molecule has 0 aromatic heterocycles. The Kier molecular flexibility index (Phi) is 5.88. The lowest BCUT2D eigenvalue weighted by atomic mass is 10.1. The topological polar surface area (TPSA) is 47.6 Å². The number of carbonyl (C=O) groups excluding carboxylic acids is 1. The molecule has 0 spiro atoms. The number of benzene rings is 3. The number of amides is 1. The molecule has 1 N–H and O–H groups in total. The van der Waals surface area contributed by atoms with Crippen molar-refractivity contribution in [2.75, 3.05) is 19.0 Å². The quantitative estimate of drug-likeness (QED) is 0.670. The van der Waals surface area contributed by atoms with Gasteiger partial charge in [0.05, 0.1) is 25.8 Å².